The summed E-state index contributed by atoms with van der Waals surface area (Å²) < 4.78 is 0. The predicted molar refractivity (Wildman–Crippen MR) is 35.9 cm³/mol. The van der Waals surface area contributed by atoms with Gasteiger partial charge in [-0.1, -0.05) is 0 Å². The van der Waals surface area contributed by atoms with Gasteiger partial charge in [0, 0.05) is 6.54 Å². The molecule has 1 fully saturated rings. The Morgan fingerprint density at radius 2 is 2.50 bits per heavy atom. The van der Waals surface area contributed by atoms with Crippen molar-refractivity contribution < 1.29 is 9.59 Å². The summed E-state index contributed by atoms with van der Waals surface area (Å²) in [7, 11) is 0. The molecule has 1 atom stereocenters. The molecule has 1 aliphatic heterocycles. The molecule has 0 aliphatic carbocycles. The quantitative estimate of drug-likeness (QED) is 0.422. The standard InChI is InChI=1S/C5H7ClN2O2/c1-3-2-7-5(10)8(3)4(6)9/h3H,2H2,1H3,(H,7,10). The highest BCUT2D eigenvalue weighted by molar-refractivity contribution is 6.64. The molecular weight excluding hydrogens is 156 g/mol. The normalized spacial score (nSPS) is 24.8. The fraction of sp³-hybridized carbons (Fsp3) is 0.600. The lowest BCUT2D eigenvalue weighted by atomic mass is 10.3. The number of imide groups is 1. The van der Waals surface area contributed by atoms with Crippen LogP contribution in [-0.2, 0) is 0 Å². The monoisotopic (exact) mass is 162 g/mol. The highest BCUT2D eigenvalue weighted by Gasteiger charge is 2.31. The average molecular weight is 163 g/mol. The molecule has 0 bridgehead atoms. The molecule has 1 rings (SSSR count). The Bertz CT molecular complexity index is 182. The zero-order chi connectivity index (χ0) is 7.72. The summed E-state index contributed by atoms with van der Waals surface area (Å²) in [5.74, 6) is 0. The van der Waals surface area contributed by atoms with E-state index in [9.17, 15) is 9.59 Å². The first-order valence-electron chi connectivity index (χ1n) is 2.89. The lowest BCUT2D eigenvalue weighted by Gasteiger charge is -2.12. The van der Waals surface area contributed by atoms with Crippen LogP contribution in [-0.4, -0.2) is 28.9 Å². The Hall–Kier alpha value is -0.770. The van der Waals surface area contributed by atoms with Crippen LogP contribution in [0, 0.1) is 0 Å². The molecule has 1 aliphatic rings. The maximum Gasteiger partial charge on any atom is 0.325 e. The topological polar surface area (TPSA) is 49.4 Å². The number of carbonyl (C=O) groups is 2. The van der Waals surface area contributed by atoms with Crippen LogP contribution in [0.15, 0.2) is 0 Å². The summed E-state index contributed by atoms with van der Waals surface area (Å²) in [5.41, 5.74) is 0. The molecule has 0 aromatic rings. The van der Waals surface area contributed by atoms with Gasteiger partial charge in [-0.2, -0.15) is 0 Å². The molecule has 5 heteroatoms. The fourth-order valence-corrected chi connectivity index (χ4v) is 1.11. The number of carbonyl (C=O) groups excluding carboxylic acids is 2. The van der Waals surface area contributed by atoms with E-state index in [0.717, 1.165) is 4.90 Å². The van der Waals surface area contributed by atoms with Crippen molar-refractivity contribution in [2.45, 2.75) is 13.0 Å². The Morgan fingerprint density at radius 1 is 1.90 bits per heavy atom. The van der Waals surface area contributed by atoms with Crippen molar-refractivity contribution in [2.75, 3.05) is 6.54 Å². The molecule has 4 nitrogen and oxygen atoms in total. The van der Waals surface area contributed by atoms with E-state index in [1.807, 2.05) is 0 Å². The van der Waals surface area contributed by atoms with Gasteiger partial charge in [0.2, 0.25) is 0 Å². The van der Waals surface area contributed by atoms with Crippen molar-refractivity contribution in [1.29, 1.82) is 0 Å². The first-order chi connectivity index (χ1) is 4.63. The number of nitrogens with one attached hydrogen (secondary N) is 1. The first kappa shape index (κ1) is 7.34. The van der Waals surface area contributed by atoms with Crippen molar-refractivity contribution in [3.8, 4) is 0 Å². The van der Waals surface area contributed by atoms with Crippen molar-refractivity contribution in [3.05, 3.63) is 0 Å². The van der Waals surface area contributed by atoms with Crippen molar-refractivity contribution in [3.63, 3.8) is 0 Å². The number of urea groups is 1. The second kappa shape index (κ2) is 2.46. The van der Waals surface area contributed by atoms with Crippen molar-refractivity contribution in [1.82, 2.24) is 10.2 Å². The van der Waals surface area contributed by atoms with Crippen LogP contribution in [0.1, 0.15) is 6.92 Å². The largest absolute Gasteiger partial charge is 0.336 e. The van der Waals surface area contributed by atoms with Gasteiger partial charge < -0.3 is 5.32 Å². The average Bonchev–Trinajstić information content (AvgIpc) is 2.11. The van der Waals surface area contributed by atoms with Crippen LogP contribution >= 0.6 is 11.6 Å². The predicted octanol–water partition coefficient (Wildman–Crippen LogP) is 0.759. The van der Waals surface area contributed by atoms with Gasteiger partial charge in [-0.3, -0.25) is 4.79 Å². The van der Waals surface area contributed by atoms with E-state index < -0.39 is 11.4 Å². The number of nitrogens with zero attached hydrogens (tertiary/aromatic N) is 1. The summed E-state index contributed by atoms with van der Waals surface area (Å²) >= 11 is 5.10. The van der Waals surface area contributed by atoms with E-state index in [-0.39, 0.29) is 6.04 Å². The van der Waals surface area contributed by atoms with Crippen LogP contribution in [0.5, 0.6) is 0 Å². The molecule has 0 spiro atoms. The van der Waals surface area contributed by atoms with Crippen LogP contribution in [0.2, 0.25) is 0 Å². The van der Waals surface area contributed by atoms with Gasteiger partial charge in [-0.05, 0) is 18.5 Å². The Labute approximate surface area is 63.1 Å². The zero-order valence-electron chi connectivity index (χ0n) is 5.43. The smallest absolute Gasteiger partial charge is 0.325 e. The zero-order valence-corrected chi connectivity index (χ0v) is 6.18. The molecule has 0 saturated carbocycles. The minimum atomic E-state index is -0.720. The van der Waals surface area contributed by atoms with E-state index in [0.29, 0.717) is 6.54 Å². The number of hydrogen-bond acceptors (Lipinski definition) is 2. The molecule has 1 saturated heterocycles. The second-order valence-electron chi connectivity index (χ2n) is 2.16. The summed E-state index contributed by atoms with van der Waals surface area (Å²) in [6, 6.07) is -0.537. The van der Waals surface area contributed by atoms with Crippen molar-refractivity contribution in [2.24, 2.45) is 0 Å². The van der Waals surface area contributed by atoms with Crippen molar-refractivity contribution >= 4 is 23.0 Å². The maximum absolute atomic E-state index is 10.7. The van der Waals surface area contributed by atoms with Gasteiger partial charge >= 0.3 is 11.4 Å². The Balaban J connectivity index is 2.72. The van der Waals surface area contributed by atoms with Gasteiger partial charge in [-0.25, -0.2) is 9.69 Å². The van der Waals surface area contributed by atoms with E-state index in [4.69, 9.17) is 11.6 Å². The SMILES string of the molecule is CC1CNC(=O)N1C(=O)Cl. The summed E-state index contributed by atoms with van der Waals surface area (Å²) in [6.07, 6.45) is 0. The summed E-state index contributed by atoms with van der Waals surface area (Å²) in [5, 5.41) is 1.76. The molecule has 0 aromatic heterocycles. The number of amides is 3. The van der Waals surface area contributed by atoms with E-state index in [1.54, 1.807) is 6.92 Å². The van der Waals surface area contributed by atoms with Crippen LogP contribution in [0.3, 0.4) is 0 Å². The third-order valence-electron chi connectivity index (χ3n) is 1.40. The summed E-state index contributed by atoms with van der Waals surface area (Å²) in [4.78, 5) is 22.2. The second-order valence-corrected chi connectivity index (χ2v) is 2.48. The molecule has 3 amide bonds. The van der Waals surface area contributed by atoms with Gasteiger partial charge in [0.1, 0.15) is 0 Å². The number of rotatable bonds is 0. The van der Waals surface area contributed by atoms with Crippen LogP contribution in [0.4, 0.5) is 9.59 Å². The molecule has 56 valence electrons. The maximum atomic E-state index is 10.7. The minimum Gasteiger partial charge on any atom is -0.336 e. The van der Waals surface area contributed by atoms with Gasteiger partial charge in [-0.15, -0.1) is 0 Å². The molecular formula is C5H7ClN2O2. The van der Waals surface area contributed by atoms with Gasteiger partial charge in [0.25, 0.3) is 0 Å². The van der Waals surface area contributed by atoms with E-state index >= 15 is 0 Å². The van der Waals surface area contributed by atoms with E-state index in [2.05, 4.69) is 5.32 Å². The van der Waals surface area contributed by atoms with Gasteiger partial charge in [0.05, 0.1) is 6.04 Å². The molecule has 1 heterocycles. The lowest BCUT2D eigenvalue weighted by molar-refractivity contribution is 0.205. The third-order valence-corrected chi connectivity index (χ3v) is 1.58. The molecule has 0 radical (unpaired) electrons. The first-order valence-corrected chi connectivity index (χ1v) is 3.27. The Kier molecular flexibility index (Phi) is 1.80. The minimum absolute atomic E-state index is 0.127. The molecule has 0 aromatic carbocycles. The fourth-order valence-electron chi connectivity index (χ4n) is 0.865. The van der Waals surface area contributed by atoms with Crippen LogP contribution < -0.4 is 5.32 Å². The summed E-state index contributed by atoms with van der Waals surface area (Å²) in [6.45, 7) is 2.23. The molecule has 10 heavy (non-hydrogen) atoms. The molecule has 1 unspecified atom stereocenters. The molecule has 1 N–H and O–H groups in total. The Morgan fingerprint density at radius 3 is 2.70 bits per heavy atom. The lowest BCUT2D eigenvalue weighted by Crippen LogP contribution is -2.34. The van der Waals surface area contributed by atoms with Gasteiger partial charge in [0.15, 0.2) is 0 Å². The number of hydrogen-bond donors (Lipinski definition) is 1. The van der Waals surface area contributed by atoms with E-state index in [1.165, 1.54) is 0 Å². The highest BCUT2D eigenvalue weighted by atomic mass is 35.5. The number of halogens is 1. The third kappa shape index (κ3) is 1.07. The highest BCUT2D eigenvalue weighted by Crippen LogP contribution is 2.08. The van der Waals surface area contributed by atoms with Crippen LogP contribution in [0.25, 0.3) is 0 Å².